The van der Waals surface area contributed by atoms with Crippen LogP contribution >= 0.6 is 27.5 Å². The largest absolute Gasteiger partial charge is 0.409 e. The molecule has 5 nitrogen and oxygen atoms in total. The molecule has 0 heterocycles. The molecule has 1 rings (SSSR count). The van der Waals surface area contributed by atoms with E-state index < -0.39 is 0 Å². The average molecular weight is 321 g/mol. The van der Waals surface area contributed by atoms with Crippen molar-refractivity contribution < 1.29 is 10.0 Å². The maximum absolute atomic E-state index is 12.0. The van der Waals surface area contributed by atoms with Gasteiger partial charge in [-0.3, -0.25) is 4.79 Å². The molecule has 0 saturated heterocycles. The maximum atomic E-state index is 12.0. The highest BCUT2D eigenvalue weighted by molar-refractivity contribution is 9.10. The lowest BCUT2D eigenvalue weighted by Gasteiger charge is -2.17. The van der Waals surface area contributed by atoms with Gasteiger partial charge in [-0.05, 0) is 34.1 Å². The Labute approximate surface area is 112 Å². The van der Waals surface area contributed by atoms with Gasteiger partial charge in [0.25, 0.3) is 5.91 Å². The van der Waals surface area contributed by atoms with Crippen molar-refractivity contribution in [1.82, 2.24) is 4.90 Å². The number of hydrogen-bond donors (Lipinski definition) is 2. The molecule has 0 aliphatic heterocycles. The van der Waals surface area contributed by atoms with Crippen LogP contribution in [0.25, 0.3) is 0 Å². The van der Waals surface area contributed by atoms with Crippen LogP contribution in [-0.2, 0) is 0 Å². The summed E-state index contributed by atoms with van der Waals surface area (Å²) in [5.74, 6) is -0.315. The quantitative estimate of drug-likeness (QED) is 0.386. The Balaban J connectivity index is 2.92. The minimum atomic E-state index is -0.272. The highest BCUT2D eigenvalue weighted by Gasteiger charge is 2.16. The Kier molecular flexibility index (Phi) is 4.77. The second-order valence-electron chi connectivity index (χ2n) is 3.38. The van der Waals surface area contributed by atoms with Crippen molar-refractivity contribution in [3.8, 4) is 0 Å². The van der Waals surface area contributed by atoms with Crippen LogP contribution in [0.15, 0.2) is 27.8 Å². The van der Waals surface area contributed by atoms with E-state index in [1.54, 1.807) is 25.2 Å². The first-order valence-electron chi connectivity index (χ1n) is 4.62. The topological polar surface area (TPSA) is 78.9 Å². The van der Waals surface area contributed by atoms with Crippen LogP contribution in [0.1, 0.15) is 10.4 Å². The number of oxime groups is 1. The fourth-order valence-corrected chi connectivity index (χ4v) is 1.80. The number of nitrogens with zero attached hydrogens (tertiary/aromatic N) is 2. The number of carbonyl (C=O) groups excluding carboxylic acids is 1. The third-order valence-corrected chi connectivity index (χ3v) is 2.96. The predicted molar refractivity (Wildman–Crippen MR) is 69.5 cm³/mol. The normalized spacial score (nSPS) is 11.4. The Morgan fingerprint density at radius 2 is 2.29 bits per heavy atom. The van der Waals surface area contributed by atoms with Crippen molar-refractivity contribution in [2.24, 2.45) is 10.9 Å². The summed E-state index contributed by atoms with van der Waals surface area (Å²) in [6.07, 6.45) is 0. The Hall–Kier alpha value is -1.27. The molecule has 92 valence electrons. The van der Waals surface area contributed by atoms with Crippen LogP contribution in [0.3, 0.4) is 0 Å². The van der Waals surface area contributed by atoms with Crippen LogP contribution in [0.4, 0.5) is 0 Å². The van der Waals surface area contributed by atoms with Crippen molar-refractivity contribution in [3.05, 3.63) is 33.3 Å². The van der Waals surface area contributed by atoms with Crippen LogP contribution in [0, 0.1) is 0 Å². The predicted octanol–water partition coefficient (Wildman–Crippen LogP) is 1.92. The Morgan fingerprint density at radius 3 is 2.88 bits per heavy atom. The number of nitrogens with two attached hydrogens (primary N) is 1. The van der Waals surface area contributed by atoms with E-state index in [2.05, 4.69) is 21.1 Å². The number of benzene rings is 1. The highest BCUT2D eigenvalue weighted by Crippen LogP contribution is 2.22. The van der Waals surface area contributed by atoms with Crippen molar-refractivity contribution in [2.45, 2.75) is 0 Å². The van der Waals surface area contributed by atoms with E-state index in [1.807, 2.05) is 0 Å². The van der Waals surface area contributed by atoms with E-state index in [-0.39, 0.29) is 18.3 Å². The van der Waals surface area contributed by atoms with Gasteiger partial charge in [-0.2, -0.15) is 0 Å². The molecule has 0 aromatic heterocycles. The molecule has 1 aromatic rings. The van der Waals surface area contributed by atoms with Crippen LogP contribution < -0.4 is 5.73 Å². The maximum Gasteiger partial charge on any atom is 0.255 e. The van der Waals surface area contributed by atoms with Crippen molar-refractivity contribution in [1.29, 1.82) is 0 Å². The van der Waals surface area contributed by atoms with Gasteiger partial charge in [0.15, 0.2) is 5.84 Å². The molecule has 7 heteroatoms. The van der Waals surface area contributed by atoms with Gasteiger partial charge in [0.2, 0.25) is 0 Å². The van der Waals surface area contributed by atoms with Gasteiger partial charge < -0.3 is 15.8 Å². The minimum Gasteiger partial charge on any atom is -0.409 e. The summed E-state index contributed by atoms with van der Waals surface area (Å²) < 4.78 is 0.637. The number of hydrogen-bond acceptors (Lipinski definition) is 3. The molecular weight excluding hydrogens is 309 g/mol. The zero-order valence-corrected chi connectivity index (χ0v) is 11.4. The Morgan fingerprint density at radius 1 is 1.65 bits per heavy atom. The highest BCUT2D eigenvalue weighted by atomic mass is 79.9. The lowest BCUT2D eigenvalue weighted by Crippen LogP contribution is -2.35. The third kappa shape index (κ3) is 3.61. The van der Waals surface area contributed by atoms with Crippen molar-refractivity contribution in [2.75, 3.05) is 13.6 Å². The van der Waals surface area contributed by atoms with Gasteiger partial charge in [0.1, 0.15) is 0 Å². The van der Waals surface area contributed by atoms with Crippen LogP contribution in [-0.4, -0.2) is 35.4 Å². The average Bonchev–Trinajstić information content (AvgIpc) is 2.31. The fourth-order valence-electron chi connectivity index (χ4n) is 1.21. The van der Waals surface area contributed by atoms with Gasteiger partial charge >= 0.3 is 0 Å². The second kappa shape index (κ2) is 5.88. The van der Waals surface area contributed by atoms with Gasteiger partial charge in [0, 0.05) is 16.5 Å². The summed E-state index contributed by atoms with van der Waals surface area (Å²) in [6.45, 7) is 0.0360. The molecule has 0 saturated carbocycles. The number of halogens is 2. The molecule has 0 spiro atoms. The summed E-state index contributed by atoms with van der Waals surface area (Å²) in [5.41, 5.74) is 5.75. The molecule has 0 bridgehead atoms. The summed E-state index contributed by atoms with van der Waals surface area (Å²) >= 11 is 9.08. The zero-order valence-electron chi connectivity index (χ0n) is 9.02. The first-order valence-corrected chi connectivity index (χ1v) is 5.79. The van der Waals surface area contributed by atoms with E-state index in [9.17, 15) is 4.79 Å². The van der Waals surface area contributed by atoms with E-state index in [0.29, 0.717) is 15.1 Å². The number of carbonyl (C=O) groups is 1. The molecule has 1 aromatic carbocycles. The molecule has 0 fully saturated rings. The number of likely N-dealkylation sites (N-methyl/N-ethyl adjacent to an activating group) is 1. The van der Waals surface area contributed by atoms with Gasteiger partial charge in [0.05, 0.1) is 12.1 Å². The summed E-state index contributed by atoms with van der Waals surface area (Å²) in [5, 5.41) is 11.7. The van der Waals surface area contributed by atoms with Gasteiger partial charge in [-0.1, -0.05) is 16.8 Å². The number of rotatable bonds is 3. The van der Waals surface area contributed by atoms with Crippen LogP contribution in [0.2, 0.25) is 5.02 Å². The fraction of sp³-hybridized carbons (Fsp3) is 0.200. The molecule has 0 aliphatic rings. The molecule has 3 N–H and O–H groups in total. The molecule has 1 amide bonds. The lowest BCUT2D eigenvalue weighted by atomic mass is 10.2. The summed E-state index contributed by atoms with van der Waals surface area (Å²) in [6, 6.07) is 4.91. The third-order valence-electron chi connectivity index (χ3n) is 2.03. The minimum absolute atomic E-state index is 0.0360. The van der Waals surface area contributed by atoms with E-state index >= 15 is 0 Å². The van der Waals surface area contributed by atoms with Gasteiger partial charge in [-0.25, -0.2) is 0 Å². The number of amides is 1. The summed E-state index contributed by atoms with van der Waals surface area (Å²) in [7, 11) is 1.55. The number of amidine groups is 1. The first-order chi connectivity index (χ1) is 7.95. The molecule has 0 atom stereocenters. The first kappa shape index (κ1) is 13.8. The van der Waals surface area contributed by atoms with Crippen LogP contribution in [0.5, 0.6) is 0 Å². The monoisotopic (exact) mass is 319 g/mol. The van der Waals surface area contributed by atoms with E-state index in [0.717, 1.165) is 0 Å². The van der Waals surface area contributed by atoms with Crippen molar-refractivity contribution >= 4 is 39.3 Å². The van der Waals surface area contributed by atoms with Gasteiger partial charge in [-0.15, -0.1) is 0 Å². The summed E-state index contributed by atoms with van der Waals surface area (Å²) in [4.78, 5) is 13.3. The molecule has 17 heavy (non-hydrogen) atoms. The van der Waals surface area contributed by atoms with Crippen molar-refractivity contribution in [3.63, 3.8) is 0 Å². The van der Waals surface area contributed by atoms with E-state index in [4.69, 9.17) is 22.5 Å². The Bertz CT molecular complexity index is 465. The second-order valence-corrected chi connectivity index (χ2v) is 4.67. The standard InChI is InChI=1S/C10H11BrClN3O2/c1-15(5-9(13)14-17)10(16)7-4-6(12)2-3-8(7)11/h2-4,17H,5H2,1H3,(H2,13,14). The van der Waals surface area contributed by atoms with E-state index in [1.165, 1.54) is 4.90 Å². The zero-order chi connectivity index (χ0) is 13.0. The molecule has 0 unspecified atom stereocenters. The molecule has 0 aliphatic carbocycles. The smallest absolute Gasteiger partial charge is 0.255 e. The lowest BCUT2D eigenvalue weighted by molar-refractivity contribution is 0.0813. The molecule has 0 radical (unpaired) electrons. The molecular formula is C10H11BrClN3O2. The SMILES string of the molecule is CN(C/C(N)=N/O)C(=O)c1cc(Cl)ccc1Br.